The Hall–Kier alpha value is -2.81. The topological polar surface area (TPSA) is 55.6 Å². The zero-order valence-corrected chi connectivity index (χ0v) is 18.1. The van der Waals surface area contributed by atoms with Crippen LogP contribution in [0, 0.1) is 0 Å². The molecule has 3 heterocycles. The van der Waals surface area contributed by atoms with Crippen molar-refractivity contribution in [2.24, 2.45) is 0 Å². The van der Waals surface area contributed by atoms with Crippen LogP contribution in [0.4, 0.5) is 18.0 Å². The molecule has 1 aromatic carbocycles. The molecule has 0 aliphatic carbocycles. The van der Waals surface area contributed by atoms with E-state index in [2.05, 4.69) is 4.98 Å². The number of aromatic nitrogens is 1. The van der Waals surface area contributed by atoms with Crippen LogP contribution in [-0.2, 0) is 10.9 Å². The number of carbonyl (C=O) groups is 1. The van der Waals surface area contributed by atoms with Gasteiger partial charge < -0.3 is 14.1 Å². The molecule has 0 spiro atoms. The number of amides is 1. The SMILES string of the molecule is CC(C)(C)OC(=O)N1CC=C(c2nc(-c3cc4ccc(C(F)(F)F)cc4o3)cs2)CC1. The Labute approximate surface area is 181 Å². The number of hydrogen-bond acceptors (Lipinski definition) is 5. The lowest BCUT2D eigenvalue weighted by Gasteiger charge is -2.29. The Bertz CT molecular complexity index is 1150. The van der Waals surface area contributed by atoms with Gasteiger partial charge in [-0.25, -0.2) is 9.78 Å². The van der Waals surface area contributed by atoms with Gasteiger partial charge in [-0.1, -0.05) is 12.1 Å². The predicted octanol–water partition coefficient (Wildman–Crippen LogP) is 6.60. The van der Waals surface area contributed by atoms with E-state index in [0.29, 0.717) is 36.4 Å². The van der Waals surface area contributed by atoms with Gasteiger partial charge in [0.05, 0.1) is 5.56 Å². The summed E-state index contributed by atoms with van der Waals surface area (Å²) in [5.41, 5.74) is 0.469. The van der Waals surface area contributed by atoms with Crippen molar-refractivity contribution in [3.63, 3.8) is 0 Å². The molecule has 0 unspecified atom stereocenters. The lowest BCUT2D eigenvalue weighted by atomic mass is 10.1. The number of thiazole rings is 1. The minimum absolute atomic E-state index is 0.171. The normalized spacial score (nSPS) is 15.3. The standard InChI is InChI=1S/C22H21F3N2O3S/c1-21(2,3)30-20(28)27-8-6-13(7-9-27)19-26-16(12-31-19)18-10-14-4-5-15(22(23,24)25)11-17(14)29-18/h4-6,10-12H,7-9H2,1-3H3. The summed E-state index contributed by atoms with van der Waals surface area (Å²) < 4.78 is 49.8. The van der Waals surface area contributed by atoms with Crippen LogP contribution in [0.3, 0.4) is 0 Å². The highest BCUT2D eigenvalue weighted by atomic mass is 32.1. The number of halogens is 3. The first-order valence-electron chi connectivity index (χ1n) is 9.74. The van der Waals surface area contributed by atoms with Crippen LogP contribution < -0.4 is 0 Å². The molecule has 0 saturated heterocycles. The maximum Gasteiger partial charge on any atom is 0.416 e. The van der Waals surface area contributed by atoms with Crippen LogP contribution in [0.15, 0.2) is 40.1 Å². The van der Waals surface area contributed by atoms with Crippen molar-refractivity contribution in [2.75, 3.05) is 13.1 Å². The molecule has 1 aliphatic rings. The monoisotopic (exact) mass is 450 g/mol. The van der Waals surface area contributed by atoms with E-state index in [4.69, 9.17) is 9.15 Å². The fourth-order valence-electron chi connectivity index (χ4n) is 3.22. The van der Waals surface area contributed by atoms with E-state index in [1.54, 1.807) is 11.0 Å². The average molecular weight is 450 g/mol. The van der Waals surface area contributed by atoms with E-state index in [1.807, 2.05) is 32.2 Å². The molecule has 1 aliphatic heterocycles. The summed E-state index contributed by atoms with van der Waals surface area (Å²) in [4.78, 5) is 18.4. The van der Waals surface area contributed by atoms with Gasteiger partial charge in [0.15, 0.2) is 5.76 Å². The third-order valence-electron chi connectivity index (χ3n) is 4.74. The van der Waals surface area contributed by atoms with Crippen molar-refractivity contribution in [3.8, 4) is 11.5 Å². The highest BCUT2D eigenvalue weighted by Gasteiger charge is 2.31. The Morgan fingerprint density at radius 3 is 2.65 bits per heavy atom. The number of hydrogen-bond donors (Lipinski definition) is 0. The van der Waals surface area contributed by atoms with Crippen molar-refractivity contribution < 1.29 is 27.1 Å². The summed E-state index contributed by atoms with van der Waals surface area (Å²) in [6, 6.07) is 5.12. The highest BCUT2D eigenvalue weighted by Crippen LogP contribution is 2.36. The number of rotatable bonds is 2. The van der Waals surface area contributed by atoms with Gasteiger partial charge in [-0.05, 0) is 51.0 Å². The van der Waals surface area contributed by atoms with Crippen molar-refractivity contribution in [1.82, 2.24) is 9.88 Å². The van der Waals surface area contributed by atoms with Crippen LogP contribution >= 0.6 is 11.3 Å². The molecular formula is C22H21F3N2O3S. The number of fused-ring (bicyclic) bond motifs is 1. The smallest absolute Gasteiger partial charge is 0.416 e. The lowest BCUT2D eigenvalue weighted by Crippen LogP contribution is -2.39. The molecule has 5 nitrogen and oxygen atoms in total. The first-order valence-corrected chi connectivity index (χ1v) is 10.6. The zero-order chi connectivity index (χ0) is 22.4. The van der Waals surface area contributed by atoms with Gasteiger partial charge in [0.1, 0.15) is 21.9 Å². The first-order chi connectivity index (χ1) is 14.5. The van der Waals surface area contributed by atoms with Crippen LogP contribution in [-0.4, -0.2) is 34.7 Å². The van der Waals surface area contributed by atoms with Gasteiger partial charge in [-0.15, -0.1) is 11.3 Å². The predicted molar refractivity (Wildman–Crippen MR) is 113 cm³/mol. The number of benzene rings is 1. The average Bonchev–Trinajstić information content (AvgIpc) is 3.32. The van der Waals surface area contributed by atoms with E-state index < -0.39 is 17.3 Å². The summed E-state index contributed by atoms with van der Waals surface area (Å²) >= 11 is 1.43. The number of furan rings is 1. The first kappa shape index (κ1) is 21.4. The Morgan fingerprint density at radius 2 is 2.00 bits per heavy atom. The summed E-state index contributed by atoms with van der Waals surface area (Å²) in [6.07, 6.45) is -2.18. The molecule has 3 aromatic rings. The second kappa shape index (κ2) is 7.71. The van der Waals surface area contributed by atoms with Gasteiger partial charge in [-0.3, -0.25) is 0 Å². The zero-order valence-electron chi connectivity index (χ0n) is 17.2. The maximum absolute atomic E-state index is 12.9. The third-order valence-corrected chi connectivity index (χ3v) is 5.66. The number of carbonyl (C=O) groups excluding carboxylic acids is 1. The molecule has 0 bridgehead atoms. The van der Waals surface area contributed by atoms with E-state index in [1.165, 1.54) is 17.4 Å². The number of ether oxygens (including phenoxy) is 1. The van der Waals surface area contributed by atoms with Crippen LogP contribution in [0.1, 0.15) is 37.8 Å². The Kier molecular flexibility index (Phi) is 5.33. The van der Waals surface area contributed by atoms with Gasteiger partial charge in [-0.2, -0.15) is 13.2 Å². The van der Waals surface area contributed by atoms with Gasteiger partial charge in [0.25, 0.3) is 0 Å². The second-order valence-electron chi connectivity index (χ2n) is 8.30. The largest absolute Gasteiger partial charge is 0.454 e. The molecule has 0 saturated carbocycles. The number of alkyl halides is 3. The summed E-state index contributed by atoms with van der Waals surface area (Å²) in [5, 5.41) is 3.21. The maximum atomic E-state index is 12.9. The minimum Gasteiger partial charge on any atom is -0.454 e. The number of nitrogens with zero attached hydrogens (tertiary/aromatic N) is 2. The van der Waals surface area contributed by atoms with E-state index in [0.717, 1.165) is 22.7 Å². The third kappa shape index (κ3) is 4.76. The fourth-order valence-corrected chi connectivity index (χ4v) is 4.10. The van der Waals surface area contributed by atoms with Crippen molar-refractivity contribution in [3.05, 3.63) is 46.3 Å². The molecule has 4 rings (SSSR count). The van der Waals surface area contributed by atoms with Gasteiger partial charge in [0, 0.05) is 23.9 Å². The Morgan fingerprint density at radius 1 is 1.23 bits per heavy atom. The molecular weight excluding hydrogens is 429 g/mol. The van der Waals surface area contributed by atoms with Crippen molar-refractivity contribution in [2.45, 2.75) is 39.0 Å². The molecule has 164 valence electrons. The van der Waals surface area contributed by atoms with E-state index in [9.17, 15) is 18.0 Å². The summed E-state index contributed by atoms with van der Waals surface area (Å²) in [6.45, 7) is 6.45. The second-order valence-corrected chi connectivity index (χ2v) is 9.16. The highest BCUT2D eigenvalue weighted by molar-refractivity contribution is 7.11. The van der Waals surface area contributed by atoms with E-state index >= 15 is 0 Å². The molecule has 1 amide bonds. The molecule has 0 atom stereocenters. The van der Waals surface area contributed by atoms with Crippen molar-refractivity contribution in [1.29, 1.82) is 0 Å². The van der Waals surface area contributed by atoms with Crippen molar-refractivity contribution >= 4 is 34.0 Å². The summed E-state index contributed by atoms with van der Waals surface area (Å²) in [7, 11) is 0. The van der Waals surface area contributed by atoms with Crippen LogP contribution in [0.5, 0.6) is 0 Å². The van der Waals surface area contributed by atoms with Gasteiger partial charge in [0.2, 0.25) is 0 Å². The molecule has 31 heavy (non-hydrogen) atoms. The Balaban J connectivity index is 1.50. The lowest BCUT2D eigenvalue weighted by molar-refractivity contribution is -0.137. The fraction of sp³-hybridized carbons (Fsp3) is 0.364. The molecule has 0 N–H and O–H groups in total. The molecule has 0 fully saturated rings. The van der Waals surface area contributed by atoms with Gasteiger partial charge >= 0.3 is 12.3 Å². The van der Waals surface area contributed by atoms with Crippen LogP contribution in [0.2, 0.25) is 0 Å². The molecule has 9 heteroatoms. The van der Waals surface area contributed by atoms with Crippen LogP contribution in [0.25, 0.3) is 28.0 Å². The quantitative estimate of drug-likeness (QED) is 0.441. The minimum atomic E-state index is -4.42. The molecule has 2 aromatic heterocycles. The summed E-state index contributed by atoms with van der Waals surface area (Å²) in [5.74, 6) is 0.420. The van der Waals surface area contributed by atoms with E-state index in [-0.39, 0.29) is 11.7 Å². The molecule has 0 radical (unpaired) electrons.